The second-order valence-electron chi connectivity index (χ2n) is 6.22. The Kier molecular flexibility index (Phi) is 4.05. The van der Waals surface area contributed by atoms with Gasteiger partial charge in [-0.1, -0.05) is 18.2 Å². The Labute approximate surface area is 155 Å². The summed E-state index contributed by atoms with van der Waals surface area (Å²) in [6.45, 7) is 4.00. The van der Waals surface area contributed by atoms with Crippen LogP contribution >= 0.6 is 11.3 Å². The summed E-state index contributed by atoms with van der Waals surface area (Å²) >= 11 is 1.42. The number of hydrogen-bond donors (Lipinski definition) is 0. The standard InChI is InChI=1S/C20H18N4OS/c1-13-7-6-8-15(11-13)23(3)20(25)19-22-18(14(2)26-19)16-12-21-24-10-5-4-9-17(16)24/h4-12H,1-3H3. The molecule has 0 aliphatic rings. The van der Waals surface area contributed by atoms with Gasteiger partial charge in [-0.05, 0) is 43.7 Å². The highest BCUT2D eigenvalue weighted by Crippen LogP contribution is 2.31. The molecule has 1 aromatic carbocycles. The molecule has 0 radical (unpaired) electrons. The second kappa shape index (κ2) is 6.38. The maximum atomic E-state index is 12.9. The van der Waals surface area contributed by atoms with Crippen molar-refractivity contribution in [2.24, 2.45) is 0 Å². The molecule has 0 N–H and O–H groups in total. The van der Waals surface area contributed by atoms with Crippen LogP contribution < -0.4 is 4.90 Å². The summed E-state index contributed by atoms with van der Waals surface area (Å²) in [5.41, 5.74) is 4.71. The van der Waals surface area contributed by atoms with E-state index in [1.807, 2.05) is 67.0 Å². The summed E-state index contributed by atoms with van der Waals surface area (Å²) in [4.78, 5) is 20.2. The number of benzene rings is 1. The predicted octanol–water partition coefficient (Wildman–Crippen LogP) is 4.35. The zero-order valence-electron chi connectivity index (χ0n) is 14.8. The van der Waals surface area contributed by atoms with Gasteiger partial charge in [0.1, 0.15) is 0 Å². The summed E-state index contributed by atoms with van der Waals surface area (Å²) in [7, 11) is 1.78. The molecule has 6 heteroatoms. The summed E-state index contributed by atoms with van der Waals surface area (Å²) in [5, 5.41) is 4.85. The van der Waals surface area contributed by atoms with Crippen LogP contribution in [0, 0.1) is 13.8 Å². The van der Waals surface area contributed by atoms with E-state index in [1.54, 1.807) is 18.1 Å². The first kappa shape index (κ1) is 16.5. The molecule has 26 heavy (non-hydrogen) atoms. The summed E-state index contributed by atoms with van der Waals surface area (Å²) in [6, 6.07) is 13.8. The van der Waals surface area contributed by atoms with Gasteiger partial charge in [-0.25, -0.2) is 9.50 Å². The minimum Gasteiger partial charge on any atom is -0.309 e. The Morgan fingerprint density at radius 3 is 2.81 bits per heavy atom. The lowest BCUT2D eigenvalue weighted by molar-refractivity contribution is 0.0992. The van der Waals surface area contributed by atoms with Gasteiger partial charge in [0.25, 0.3) is 5.91 Å². The first-order valence-electron chi connectivity index (χ1n) is 8.29. The molecule has 4 rings (SSSR count). The summed E-state index contributed by atoms with van der Waals surface area (Å²) < 4.78 is 1.81. The average molecular weight is 362 g/mol. The van der Waals surface area contributed by atoms with E-state index in [1.165, 1.54) is 11.3 Å². The van der Waals surface area contributed by atoms with Crippen LogP contribution in [0.3, 0.4) is 0 Å². The smallest absolute Gasteiger partial charge is 0.287 e. The van der Waals surface area contributed by atoms with Gasteiger partial charge in [-0.15, -0.1) is 11.3 Å². The van der Waals surface area contributed by atoms with E-state index in [2.05, 4.69) is 10.1 Å². The lowest BCUT2D eigenvalue weighted by Gasteiger charge is -2.16. The average Bonchev–Trinajstić information content (AvgIpc) is 3.23. The van der Waals surface area contributed by atoms with Crippen LogP contribution in [0.15, 0.2) is 54.9 Å². The van der Waals surface area contributed by atoms with Crippen molar-refractivity contribution in [3.63, 3.8) is 0 Å². The molecule has 0 bridgehead atoms. The number of aromatic nitrogens is 3. The maximum absolute atomic E-state index is 12.9. The number of amides is 1. The van der Waals surface area contributed by atoms with Crippen LogP contribution in [0.25, 0.3) is 16.8 Å². The molecule has 0 unspecified atom stereocenters. The van der Waals surface area contributed by atoms with Gasteiger partial charge in [0.15, 0.2) is 5.01 Å². The molecule has 0 aliphatic heterocycles. The molecule has 0 saturated carbocycles. The van der Waals surface area contributed by atoms with Crippen LogP contribution in [0.2, 0.25) is 0 Å². The molecular formula is C20H18N4OS. The molecule has 0 fully saturated rings. The van der Waals surface area contributed by atoms with Crippen LogP contribution in [-0.4, -0.2) is 27.6 Å². The van der Waals surface area contributed by atoms with E-state index in [-0.39, 0.29) is 5.91 Å². The molecule has 0 atom stereocenters. The number of fused-ring (bicyclic) bond motifs is 1. The van der Waals surface area contributed by atoms with E-state index in [4.69, 9.17) is 0 Å². The van der Waals surface area contributed by atoms with E-state index in [0.717, 1.165) is 32.9 Å². The number of nitrogens with zero attached hydrogens (tertiary/aromatic N) is 4. The van der Waals surface area contributed by atoms with Crippen molar-refractivity contribution in [1.29, 1.82) is 0 Å². The number of hydrogen-bond acceptors (Lipinski definition) is 4. The summed E-state index contributed by atoms with van der Waals surface area (Å²) in [6.07, 6.45) is 3.70. The fraction of sp³-hybridized carbons (Fsp3) is 0.150. The van der Waals surface area contributed by atoms with Gasteiger partial charge in [0, 0.05) is 29.4 Å². The zero-order valence-corrected chi connectivity index (χ0v) is 15.6. The Hall–Kier alpha value is -2.99. The van der Waals surface area contributed by atoms with Crippen molar-refractivity contribution in [3.05, 3.63) is 70.3 Å². The number of carbonyl (C=O) groups is 1. The zero-order chi connectivity index (χ0) is 18.3. The molecule has 3 aromatic heterocycles. The minimum atomic E-state index is -0.105. The Morgan fingerprint density at radius 1 is 1.15 bits per heavy atom. The number of anilines is 1. The normalized spacial score (nSPS) is 11.0. The number of carbonyl (C=O) groups excluding carboxylic acids is 1. The highest BCUT2D eigenvalue weighted by Gasteiger charge is 2.21. The third-order valence-electron chi connectivity index (χ3n) is 4.35. The molecule has 5 nitrogen and oxygen atoms in total. The molecule has 0 saturated heterocycles. The van der Waals surface area contributed by atoms with E-state index >= 15 is 0 Å². The predicted molar refractivity (Wildman–Crippen MR) is 105 cm³/mol. The monoisotopic (exact) mass is 362 g/mol. The van der Waals surface area contributed by atoms with Crippen molar-refractivity contribution in [3.8, 4) is 11.3 Å². The van der Waals surface area contributed by atoms with Gasteiger partial charge in [-0.2, -0.15) is 5.10 Å². The first-order chi connectivity index (χ1) is 12.5. The second-order valence-corrected chi connectivity index (χ2v) is 7.42. The molecule has 3 heterocycles. The molecule has 1 amide bonds. The molecule has 130 valence electrons. The molecule has 0 aliphatic carbocycles. The Morgan fingerprint density at radius 2 is 2.00 bits per heavy atom. The van der Waals surface area contributed by atoms with Crippen molar-refractivity contribution in [2.75, 3.05) is 11.9 Å². The number of pyridine rings is 1. The summed E-state index contributed by atoms with van der Waals surface area (Å²) in [5.74, 6) is -0.105. The van der Waals surface area contributed by atoms with Crippen molar-refractivity contribution < 1.29 is 4.79 Å². The third kappa shape index (κ3) is 2.78. The lowest BCUT2D eigenvalue weighted by atomic mass is 10.2. The van der Waals surface area contributed by atoms with Crippen LogP contribution in [0.4, 0.5) is 5.69 Å². The molecule has 4 aromatic rings. The van der Waals surface area contributed by atoms with Gasteiger partial charge >= 0.3 is 0 Å². The topological polar surface area (TPSA) is 50.5 Å². The van der Waals surface area contributed by atoms with Gasteiger partial charge < -0.3 is 4.90 Å². The van der Waals surface area contributed by atoms with E-state index < -0.39 is 0 Å². The van der Waals surface area contributed by atoms with Crippen LogP contribution in [-0.2, 0) is 0 Å². The van der Waals surface area contributed by atoms with Gasteiger partial charge in [0.05, 0.1) is 17.4 Å². The minimum absolute atomic E-state index is 0.105. The largest absolute Gasteiger partial charge is 0.309 e. The lowest BCUT2D eigenvalue weighted by Crippen LogP contribution is -2.26. The van der Waals surface area contributed by atoms with E-state index in [9.17, 15) is 4.79 Å². The fourth-order valence-electron chi connectivity index (χ4n) is 2.95. The molecule has 0 spiro atoms. The van der Waals surface area contributed by atoms with Crippen molar-refractivity contribution >= 4 is 28.4 Å². The SMILES string of the molecule is Cc1cccc(N(C)C(=O)c2nc(-c3cnn4ccccc34)c(C)s2)c1. The van der Waals surface area contributed by atoms with Crippen LogP contribution in [0.5, 0.6) is 0 Å². The Bertz CT molecular complexity index is 1110. The highest BCUT2D eigenvalue weighted by atomic mass is 32.1. The van der Waals surface area contributed by atoms with E-state index in [0.29, 0.717) is 5.01 Å². The van der Waals surface area contributed by atoms with Gasteiger partial charge in [-0.3, -0.25) is 4.79 Å². The van der Waals surface area contributed by atoms with Crippen molar-refractivity contribution in [2.45, 2.75) is 13.8 Å². The fourth-order valence-corrected chi connectivity index (χ4v) is 3.86. The highest BCUT2D eigenvalue weighted by molar-refractivity contribution is 7.14. The number of aryl methyl sites for hydroxylation is 2. The third-order valence-corrected chi connectivity index (χ3v) is 5.31. The molecular weight excluding hydrogens is 344 g/mol. The number of thiazole rings is 1. The maximum Gasteiger partial charge on any atom is 0.287 e. The Balaban J connectivity index is 1.71. The number of rotatable bonds is 3. The van der Waals surface area contributed by atoms with Gasteiger partial charge in [0.2, 0.25) is 0 Å². The first-order valence-corrected chi connectivity index (χ1v) is 9.11. The van der Waals surface area contributed by atoms with Crippen LogP contribution in [0.1, 0.15) is 20.2 Å². The van der Waals surface area contributed by atoms with Crippen molar-refractivity contribution in [1.82, 2.24) is 14.6 Å². The quantitative estimate of drug-likeness (QED) is 0.544.